The van der Waals surface area contributed by atoms with Crippen molar-refractivity contribution in [3.63, 3.8) is 0 Å². The second kappa shape index (κ2) is 7.74. The maximum atomic E-state index is 12.2. The van der Waals surface area contributed by atoms with Crippen molar-refractivity contribution in [3.05, 3.63) is 24.3 Å². The monoisotopic (exact) mass is 314 g/mol. The van der Waals surface area contributed by atoms with E-state index < -0.39 is 10.0 Å². The van der Waals surface area contributed by atoms with Crippen LogP contribution in [0.25, 0.3) is 0 Å². The lowest BCUT2D eigenvalue weighted by Gasteiger charge is -2.22. The molecule has 6 nitrogen and oxygen atoms in total. The first-order valence-corrected chi connectivity index (χ1v) is 8.60. The summed E-state index contributed by atoms with van der Waals surface area (Å²) in [4.78, 5) is 0.235. The third-order valence-corrected chi connectivity index (χ3v) is 4.78. The van der Waals surface area contributed by atoms with E-state index in [2.05, 4.69) is 4.72 Å². The molecule has 0 amide bonds. The van der Waals surface area contributed by atoms with E-state index in [1.807, 2.05) is 0 Å². The van der Waals surface area contributed by atoms with Gasteiger partial charge in [0.2, 0.25) is 10.0 Å². The van der Waals surface area contributed by atoms with Gasteiger partial charge in [-0.2, -0.15) is 0 Å². The number of hydrogen-bond acceptors (Lipinski definition) is 5. The van der Waals surface area contributed by atoms with Gasteiger partial charge < -0.3 is 15.2 Å². The lowest BCUT2D eigenvalue weighted by Crippen LogP contribution is -2.33. The Morgan fingerprint density at radius 3 is 2.71 bits per heavy atom. The second-order valence-electron chi connectivity index (χ2n) is 5.04. The molecule has 1 saturated heterocycles. The zero-order chi connectivity index (χ0) is 15.1. The fourth-order valence-corrected chi connectivity index (χ4v) is 3.29. The summed E-state index contributed by atoms with van der Waals surface area (Å²) < 4.78 is 37.7. The van der Waals surface area contributed by atoms with E-state index >= 15 is 0 Å². The lowest BCUT2D eigenvalue weighted by atomic mass is 10.0. The smallest absolute Gasteiger partial charge is 0.240 e. The van der Waals surface area contributed by atoms with Crippen LogP contribution in [-0.2, 0) is 14.8 Å². The average Bonchev–Trinajstić information content (AvgIpc) is 2.52. The predicted molar refractivity (Wildman–Crippen MR) is 79.7 cm³/mol. The van der Waals surface area contributed by atoms with Crippen LogP contribution in [0.4, 0.5) is 0 Å². The normalized spacial score (nSPS) is 19.4. The Morgan fingerprint density at radius 2 is 2.10 bits per heavy atom. The minimum absolute atomic E-state index is 0.235. The van der Waals surface area contributed by atoms with Crippen LogP contribution in [-0.4, -0.2) is 41.3 Å². The number of ether oxygens (including phenoxy) is 2. The van der Waals surface area contributed by atoms with Crippen LogP contribution in [0.2, 0.25) is 0 Å². The molecule has 0 bridgehead atoms. The number of sulfonamides is 1. The molecule has 0 radical (unpaired) electrons. The molecule has 1 aliphatic rings. The van der Waals surface area contributed by atoms with Crippen molar-refractivity contribution < 1.29 is 17.9 Å². The third kappa shape index (κ3) is 4.96. The summed E-state index contributed by atoms with van der Waals surface area (Å²) in [7, 11) is -3.48. The molecule has 1 atom stereocenters. The molecule has 1 aromatic rings. The first kappa shape index (κ1) is 16.2. The van der Waals surface area contributed by atoms with Crippen LogP contribution in [0.3, 0.4) is 0 Å². The van der Waals surface area contributed by atoms with Crippen molar-refractivity contribution in [2.75, 3.05) is 32.9 Å². The minimum atomic E-state index is -3.48. The highest BCUT2D eigenvalue weighted by Gasteiger charge is 2.19. The molecule has 1 fully saturated rings. The average molecular weight is 314 g/mol. The van der Waals surface area contributed by atoms with Gasteiger partial charge in [-0.3, -0.25) is 0 Å². The Hall–Kier alpha value is -1.15. The number of hydrogen-bond donors (Lipinski definition) is 2. The van der Waals surface area contributed by atoms with Crippen LogP contribution < -0.4 is 15.2 Å². The Balaban J connectivity index is 1.91. The Labute approximate surface area is 125 Å². The Kier molecular flexibility index (Phi) is 5.98. The van der Waals surface area contributed by atoms with Crippen molar-refractivity contribution in [1.29, 1.82) is 0 Å². The molecule has 2 rings (SSSR count). The van der Waals surface area contributed by atoms with Crippen LogP contribution in [0.1, 0.15) is 12.8 Å². The maximum absolute atomic E-state index is 12.2. The number of benzene rings is 1. The largest absolute Gasteiger partial charge is 0.492 e. The SMILES string of the molecule is NCCOc1ccc(S(=O)(=O)NCC2CCCOC2)cc1. The summed E-state index contributed by atoms with van der Waals surface area (Å²) in [5, 5.41) is 0. The summed E-state index contributed by atoms with van der Waals surface area (Å²) in [6.45, 7) is 2.63. The Bertz CT molecular complexity index is 524. The fraction of sp³-hybridized carbons (Fsp3) is 0.571. The molecule has 21 heavy (non-hydrogen) atoms. The summed E-state index contributed by atoms with van der Waals surface area (Å²) in [5.41, 5.74) is 5.34. The van der Waals surface area contributed by atoms with Crippen molar-refractivity contribution in [2.45, 2.75) is 17.7 Å². The van der Waals surface area contributed by atoms with Crippen molar-refractivity contribution in [1.82, 2.24) is 4.72 Å². The summed E-state index contributed by atoms with van der Waals surface area (Å²) >= 11 is 0. The Morgan fingerprint density at radius 1 is 1.33 bits per heavy atom. The first-order chi connectivity index (χ1) is 10.1. The highest BCUT2D eigenvalue weighted by atomic mass is 32.2. The van der Waals surface area contributed by atoms with Gasteiger partial charge >= 0.3 is 0 Å². The molecule has 3 N–H and O–H groups in total. The van der Waals surface area contributed by atoms with Gasteiger partial charge in [-0.15, -0.1) is 0 Å². The molecule has 0 aliphatic carbocycles. The van der Waals surface area contributed by atoms with Gasteiger partial charge in [0.1, 0.15) is 12.4 Å². The zero-order valence-electron chi connectivity index (χ0n) is 12.0. The summed E-state index contributed by atoms with van der Waals surface area (Å²) in [6, 6.07) is 6.33. The molecule has 7 heteroatoms. The van der Waals surface area contributed by atoms with Crippen molar-refractivity contribution >= 4 is 10.0 Å². The van der Waals surface area contributed by atoms with E-state index in [4.69, 9.17) is 15.2 Å². The third-order valence-electron chi connectivity index (χ3n) is 3.34. The first-order valence-electron chi connectivity index (χ1n) is 7.12. The fourth-order valence-electron chi connectivity index (χ4n) is 2.17. The van der Waals surface area contributed by atoms with E-state index in [0.29, 0.717) is 32.1 Å². The van der Waals surface area contributed by atoms with E-state index in [1.165, 1.54) is 12.1 Å². The van der Waals surface area contributed by atoms with E-state index in [1.54, 1.807) is 12.1 Å². The maximum Gasteiger partial charge on any atom is 0.240 e. The quantitative estimate of drug-likeness (QED) is 0.774. The molecule has 1 aliphatic heterocycles. The summed E-state index contributed by atoms with van der Waals surface area (Å²) in [5.74, 6) is 0.862. The number of nitrogens with two attached hydrogens (primary N) is 1. The molecule has 1 unspecified atom stereocenters. The summed E-state index contributed by atoms with van der Waals surface area (Å²) in [6.07, 6.45) is 1.98. The number of rotatable bonds is 7. The van der Waals surface area contributed by atoms with Gasteiger partial charge in [-0.1, -0.05) is 0 Å². The minimum Gasteiger partial charge on any atom is -0.492 e. The van der Waals surface area contributed by atoms with Crippen LogP contribution in [0, 0.1) is 5.92 Å². The molecule has 0 spiro atoms. The van der Waals surface area contributed by atoms with Crippen molar-refractivity contribution in [2.24, 2.45) is 11.7 Å². The van der Waals surface area contributed by atoms with E-state index in [0.717, 1.165) is 19.4 Å². The van der Waals surface area contributed by atoms with Crippen molar-refractivity contribution in [3.8, 4) is 5.75 Å². The second-order valence-corrected chi connectivity index (χ2v) is 6.81. The highest BCUT2D eigenvalue weighted by molar-refractivity contribution is 7.89. The molecule has 0 aromatic heterocycles. The van der Waals surface area contributed by atoms with Gasteiger partial charge in [-0.05, 0) is 43.0 Å². The predicted octanol–water partition coefficient (Wildman–Crippen LogP) is 0.729. The molecular weight excluding hydrogens is 292 g/mol. The van der Waals surface area contributed by atoms with Crippen LogP contribution >= 0.6 is 0 Å². The standard InChI is InChI=1S/C14H22N2O4S/c15-7-9-20-13-3-5-14(6-4-13)21(17,18)16-10-12-2-1-8-19-11-12/h3-6,12,16H,1-2,7-11,15H2. The van der Waals surface area contributed by atoms with Gasteiger partial charge in [0.15, 0.2) is 0 Å². The lowest BCUT2D eigenvalue weighted by molar-refractivity contribution is 0.0568. The van der Waals surface area contributed by atoms with Gasteiger partial charge in [0, 0.05) is 19.7 Å². The molecular formula is C14H22N2O4S. The topological polar surface area (TPSA) is 90.7 Å². The highest BCUT2D eigenvalue weighted by Crippen LogP contribution is 2.17. The molecule has 1 heterocycles. The van der Waals surface area contributed by atoms with Crippen LogP contribution in [0.15, 0.2) is 29.2 Å². The van der Waals surface area contributed by atoms with E-state index in [9.17, 15) is 8.42 Å². The molecule has 0 saturated carbocycles. The van der Waals surface area contributed by atoms with Gasteiger partial charge in [0.25, 0.3) is 0 Å². The molecule has 1 aromatic carbocycles. The van der Waals surface area contributed by atoms with E-state index in [-0.39, 0.29) is 10.8 Å². The van der Waals surface area contributed by atoms with Crippen LogP contribution in [0.5, 0.6) is 5.75 Å². The molecule has 118 valence electrons. The van der Waals surface area contributed by atoms with Gasteiger partial charge in [-0.25, -0.2) is 13.1 Å². The zero-order valence-corrected chi connectivity index (χ0v) is 12.8. The number of nitrogens with one attached hydrogen (secondary N) is 1. The van der Waals surface area contributed by atoms with Gasteiger partial charge in [0.05, 0.1) is 11.5 Å².